The minimum Gasteiger partial charge on any atom is -0.446 e. The maximum Gasteiger partial charge on any atom is 0.407 e. The molecule has 1 aliphatic carbocycles. The maximum absolute atomic E-state index is 13.2. The molecule has 0 fully saturated rings. The second-order valence-electron chi connectivity index (χ2n) is 10.4. The third-order valence-electron chi connectivity index (χ3n) is 7.19. The van der Waals surface area contributed by atoms with Gasteiger partial charge in [0.1, 0.15) is 6.10 Å². The molecule has 0 radical (unpaired) electrons. The number of allylic oxidation sites excluding steroid dienone is 2. The summed E-state index contributed by atoms with van der Waals surface area (Å²) in [5.41, 5.74) is 3.46. The van der Waals surface area contributed by atoms with Gasteiger partial charge in [-0.15, -0.1) is 0 Å². The quantitative estimate of drug-likeness (QED) is 0.203. The molecule has 3 amide bonds. The summed E-state index contributed by atoms with van der Waals surface area (Å²) in [6.45, 7) is 2.30. The Morgan fingerprint density at radius 1 is 0.791 bits per heavy atom. The Labute approximate surface area is 253 Å². The van der Waals surface area contributed by atoms with E-state index in [1.165, 1.54) is 0 Å². The normalized spacial score (nSPS) is 16.5. The van der Waals surface area contributed by atoms with E-state index in [4.69, 9.17) is 14.2 Å². The number of nitrogens with one attached hydrogen (secondary N) is 2. The number of hydrogen-bond donors (Lipinski definition) is 2. The molecule has 43 heavy (non-hydrogen) atoms. The smallest absolute Gasteiger partial charge is 0.407 e. The second kappa shape index (κ2) is 17.7. The van der Waals surface area contributed by atoms with Gasteiger partial charge in [-0.1, -0.05) is 54.3 Å². The van der Waals surface area contributed by atoms with E-state index in [9.17, 15) is 14.4 Å². The van der Waals surface area contributed by atoms with Gasteiger partial charge in [-0.25, -0.2) is 4.79 Å². The molecule has 0 aromatic heterocycles. The first-order valence-electron chi connectivity index (χ1n) is 15.1. The first-order valence-corrected chi connectivity index (χ1v) is 15.1. The summed E-state index contributed by atoms with van der Waals surface area (Å²) >= 11 is 0. The van der Waals surface area contributed by atoms with Crippen LogP contribution >= 0.6 is 0 Å². The Bertz CT molecular complexity index is 1310. The fraction of sp³-hybridized carbons (Fsp3) is 0.441. The predicted molar refractivity (Wildman–Crippen MR) is 164 cm³/mol. The molecule has 0 spiro atoms. The van der Waals surface area contributed by atoms with E-state index in [1.807, 2.05) is 48.5 Å². The van der Waals surface area contributed by atoms with Gasteiger partial charge in [-0.05, 0) is 55.9 Å². The van der Waals surface area contributed by atoms with Gasteiger partial charge in [0.2, 0.25) is 11.8 Å². The van der Waals surface area contributed by atoms with Gasteiger partial charge in [0.25, 0.3) is 0 Å². The molecule has 2 aliphatic rings. The van der Waals surface area contributed by atoms with Crippen LogP contribution in [-0.2, 0) is 30.3 Å². The molecule has 9 nitrogen and oxygen atoms in total. The highest BCUT2D eigenvalue weighted by Gasteiger charge is 2.21. The molecule has 1 unspecified atom stereocenters. The zero-order valence-corrected chi connectivity index (χ0v) is 24.6. The van der Waals surface area contributed by atoms with Crippen LogP contribution in [0, 0.1) is 11.8 Å². The number of para-hydroxylation sites is 1. The third-order valence-corrected chi connectivity index (χ3v) is 7.19. The lowest BCUT2D eigenvalue weighted by molar-refractivity contribution is -0.122. The molecule has 228 valence electrons. The van der Waals surface area contributed by atoms with Crippen molar-refractivity contribution in [3.8, 4) is 11.8 Å². The molecule has 0 saturated carbocycles. The average molecular weight is 588 g/mol. The molecule has 2 aromatic rings. The number of carbonyl (C=O) groups is 3. The van der Waals surface area contributed by atoms with Gasteiger partial charge in [0, 0.05) is 37.1 Å². The van der Waals surface area contributed by atoms with Crippen molar-refractivity contribution in [2.75, 3.05) is 44.4 Å². The van der Waals surface area contributed by atoms with E-state index >= 15 is 0 Å². The average Bonchev–Trinajstić information content (AvgIpc) is 2.98. The largest absolute Gasteiger partial charge is 0.446 e. The van der Waals surface area contributed by atoms with Crippen LogP contribution in [0.4, 0.5) is 10.5 Å². The topological polar surface area (TPSA) is 106 Å². The highest BCUT2D eigenvalue weighted by Crippen LogP contribution is 2.25. The number of carbonyl (C=O) groups excluding carboxylic acids is 3. The van der Waals surface area contributed by atoms with Crippen LogP contribution in [0.1, 0.15) is 61.6 Å². The first kappa shape index (κ1) is 31.8. The number of nitrogens with zero attached hydrogens (tertiary/aromatic N) is 1. The molecule has 1 atom stereocenters. The molecule has 0 bridgehead atoms. The molecular formula is C34H41N3O6. The van der Waals surface area contributed by atoms with Crippen molar-refractivity contribution in [3.63, 3.8) is 0 Å². The van der Waals surface area contributed by atoms with Crippen molar-refractivity contribution in [3.05, 3.63) is 77.4 Å². The van der Waals surface area contributed by atoms with Crippen LogP contribution in [-0.4, -0.2) is 63.5 Å². The summed E-state index contributed by atoms with van der Waals surface area (Å²) in [7, 11) is 0. The van der Waals surface area contributed by atoms with Crippen molar-refractivity contribution in [2.24, 2.45) is 0 Å². The number of alkyl carbamates (subject to hydrolysis) is 1. The molecule has 4 rings (SSSR count). The number of anilines is 1. The van der Waals surface area contributed by atoms with Gasteiger partial charge in [0.15, 0.2) is 0 Å². The minimum absolute atomic E-state index is 0.0353. The fourth-order valence-corrected chi connectivity index (χ4v) is 4.89. The zero-order valence-electron chi connectivity index (χ0n) is 24.6. The van der Waals surface area contributed by atoms with Gasteiger partial charge >= 0.3 is 6.09 Å². The zero-order chi connectivity index (χ0) is 30.1. The summed E-state index contributed by atoms with van der Waals surface area (Å²) in [5, 5.41) is 5.52. The standard InChI is InChI=1S/C34H41N3O6/c38-32(19-22-41-24-25-42-23-21-36-34(40)43-30-13-4-2-1-3-5-14-30)35-20-18-33(39)37-26-29-12-7-6-10-27(29)16-17-28-11-8-9-15-31(28)37/h1-2,6-12,15,30H,3-5,13-14,18-26H2,(H,35,38)(H,36,40)/b2-1-. The fourth-order valence-electron chi connectivity index (χ4n) is 4.89. The molecule has 2 aromatic carbocycles. The van der Waals surface area contributed by atoms with Crippen LogP contribution < -0.4 is 15.5 Å². The van der Waals surface area contributed by atoms with E-state index in [1.54, 1.807) is 4.90 Å². The van der Waals surface area contributed by atoms with Crippen molar-refractivity contribution in [2.45, 2.75) is 57.6 Å². The van der Waals surface area contributed by atoms with Crippen LogP contribution in [0.15, 0.2) is 60.7 Å². The van der Waals surface area contributed by atoms with Crippen molar-refractivity contribution >= 4 is 23.6 Å². The highest BCUT2D eigenvalue weighted by molar-refractivity contribution is 5.95. The number of benzene rings is 2. The van der Waals surface area contributed by atoms with Crippen LogP contribution in [0.3, 0.4) is 0 Å². The van der Waals surface area contributed by atoms with Gasteiger partial charge in [-0.2, -0.15) is 0 Å². The predicted octanol–water partition coefficient (Wildman–Crippen LogP) is 4.48. The monoisotopic (exact) mass is 587 g/mol. The van der Waals surface area contributed by atoms with E-state index in [0.29, 0.717) is 32.9 Å². The number of amides is 3. The molecule has 2 N–H and O–H groups in total. The molecule has 9 heteroatoms. The summed E-state index contributed by atoms with van der Waals surface area (Å²) in [6, 6.07) is 15.4. The van der Waals surface area contributed by atoms with Gasteiger partial charge in [0.05, 0.1) is 38.7 Å². The van der Waals surface area contributed by atoms with E-state index < -0.39 is 6.09 Å². The van der Waals surface area contributed by atoms with Gasteiger partial charge in [-0.3, -0.25) is 9.59 Å². The molecule has 1 aliphatic heterocycles. The lowest BCUT2D eigenvalue weighted by atomic mass is 10.0. The van der Waals surface area contributed by atoms with E-state index in [2.05, 4.69) is 34.6 Å². The summed E-state index contributed by atoms with van der Waals surface area (Å²) in [5.74, 6) is 6.14. The number of rotatable bonds is 13. The van der Waals surface area contributed by atoms with E-state index in [0.717, 1.165) is 54.5 Å². The Balaban J connectivity index is 1.05. The van der Waals surface area contributed by atoms with Crippen molar-refractivity contribution in [1.29, 1.82) is 0 Å². The summed E-state index contributed by atoms with van der Waals surface area (Å²) in [6.07, 6.45) is 8.98. The Kier molecular flexibility index (Phi) is 13.1. The first-order chi connectivity index (χ1) is 21.1. The molecule has 1 heterocycles. The second-order valence-corrected chi connectivity index (χ2v) is 10.4. The highest BCUT2D eigenvalue weighted by atomic mass is 16.6. The lowest BCUT2D eigenvalue weighted by Gasteiger charge is -2.26. The number of fused-ring (bicyclic) bond motifs is 2. The summed E-state index contributed by atoms with van der Waals surface area (Å²) < 4.78 is 16.4. The molecule has 0 saturated heterocycles. The van der Waals surface area contributed by atoms with Crippen LogP contribution in [0.2, 0.25) is 0 Å². The van der Waals surface area contributed by atoms with Crippen LogP contribution in [0.5, 0.6) is 0 Å². The third kappa shape index (κ3) is 10.9. The van der Waals surface area contributed by atoms with Gasteiger partial charge < -0.3 is 29.7 Å². The maximum atomic E-state index is 13.2. The lowest BCUT2D eigenvalue weighted by Crippen LogP contribution is -2.35. The van der Waals surface area contributed by atoms with Crippen molar-refractivity contribution < 1.29 is 28.6 Å². The minimum atomic E-state index is -0.409. The Morgan fingerprint density at radius 2 is 1.53 bits per heavy atom. The molecular weight excluding hydrogens is 546 g/mol. The summed E-state index contributed by atoms with van der Waals surface area (Å²) in [4.78, 5) is 39.2. The Morgan fingerprint density at radius 3 is 2.42 bits per heavy atom. The Hall–Kier alpha value is -4.13. The number of hydrogen-bond acceptors (Lipinski definition) is 6. The SMILES string of the molecule is O=C(CCOCCOCCNC(=O)OC1CC/C=C\CCC1)NCCC(=O)N1Cc2ccccc2C#Cc2ccccc21. The van der Waals surface area contributed by atoms with Crippen molar-refractivity contribution in [1.82, 2.24) is 10.6 Å². The van der Waals surface area contributed by atoms with Crippen LogP contribution in [0.25, 0.3) is 0 Å². The van der Waals surface area contributed by atoms with E-state index in [-0.39, 0.29) is 43.9 Å². The number of ether oxygens (including phenoxy) is 3.